The van der Waals surface area contributed by atoms with E-state index in [1.54, 1.807) is 12.1 Å². The third-order valence-electron chi connectivity index (χ3n) is 5.30. The number of allylic oxidation sites excluding steroid dienone is 1. The van der Waals surface area contributed by atoms with Crippen molar-refractivity contribution in [1.29, 1.82) is 0 Å². The Bertz CT molecular complexity index is 899. The van der Waals surface area contributed by atoms with E-state index >= 15 is 0 Å². The summed E-state index contributed by atoms with van der Waals surface area (Å²) in [5.74, 6) is -0.0689. The summed E-state index contributed by atoms with van der Waals surface area (Å²) >= 11 is 0. The van der Waals surface area contributed by atoms with Crippen LogP contribution in [-0.2, 0) is 9.84 Å². The predicted octanol–water partition coefficient (Wildman–Crippen LogP) is 4.26. The Labute approximate surface area is 149 Å². The number of piperidine rings is 1. The Morgan fingerprint density at radius 3 is 2.40 bits per heavy atom. The number of aryl methyl sites for hydroxylation is 1. The van der Waals surface area contributed by atoms with Crippen LogP contribution in [0.25, 0.3) is 0 Å². The maximum atomic E-state index is 13.5. The highest BCUT2D eigenvalue weighted by Gasteiger charge is 2.40. The Kier molecular flexibility index (Phi) is 4.16. The summed E-state index contributed by atoms with van der Waals surface area (Å²) < 4.78 is 27.0. The molecule has 2 aliphatic rings. The van der Waals surface area contributed by atoms with Gasteiger partial charge in [0.25, 0.3) is 0 Å². The number of fused-ring (bicyclic) bond motifs is 1. The van der Waals surface area contributed by atoms with Crippen LogP contribution in [0.3, 0.4) is 0 Å². The fraction of sp³-hybridized carbons (Fsp3) is 0.333. The predicted molar refractivity (Wildman–Crippen MR) is 100.0 cm³/mol. The van der Waals surface area contributed by atoms with Gasteiger partial charge in [0.15, 0.2) is 0 Å². The first kappa shape index (κ1) is 16.4. The zero-order chi connectivity index (χ0) is 17.4. The maximum Gasteiger partial charge on any atom is 0.205 e. The third-order valence-corrected chi connectivity index (χ3v) is 7.29. The molecule has 0 bridgehead atoms. The molecule has 130 valence electrons. The molecule has 0 spiro atoms. The molecule has 2 aromatic rings. The lowest BCUT2D eigenvalue weighted by molar-refractivity contribution is 0.310. The van der Waals surface area contributed by atoms with E-state index in [0.717, 1.165) is 49.2 Å². The van der Waals surface area contributed by atoms with Crippen molar-refractivity contribution in [2.75, 3.05) is 13.1 Å². The molecule has 2 heterocycles. The van der Waals surface area contributed by atoms with E-state index in [2.05, 4.69) is 4.90 Å². The minimum Gasteiger partial charge on any atom is -0.373 e. The fourth-order valence-corrected chi connectivity index (χ4v) is 5.88. The fourth-order valence-electron chi connectivity index (χ4n) is 4.00. The van der Waals surface area contributed by atoms with Crippen LogP contribution in [0.4, 0.5) is 0 Å². The van der Waals surface area contributed by atoms with Gasteiger partial charge in [0.1, 0.15) is 0 Å². The first-order chi connectivity index (χ1) is 12.1. The summed E-state index contributed by atoms with van der Waals surface area (Å²) in [4.78, 5) is 3.33. The monoisotopic (exact) mass is 353 g/mol. The second-order valence-corrected chi connectivity index (χ2v) is 8.91. The molecule has 3 nitrogen and oxygen atoms in total. The van der Waals surface area contributed by atoms with E-state index in [-0.39, 0.29) is 5.92 Å². The molecular weight excluding hydrogens is 330 g/mol. The Hall–Kier alpha value is -2.07. The topological polar surface area (TPSA) is 37.4 Å². The third kappa shape index (κ3) is 2.89. The van der Waals surface area contributed by atoms with Gasteiger partial charge in [-0.1, -0.05) is 48.0 Å². The van der Waals surface area contributed by atoms with Crippen LogP contribution >= 0.6 is 0 Å². The maximum absolute atomic E-state index is 13.5. The van der Waals surface area contributed by atoms with Crippen LogP contribution in [-0.4, -0.2) is 26.4 Å². The Balaban J connectivity index is 1.86. The highest BCUT2D eigenvalue weighted by Crippen LogP contribution is 2.44. The average Bonchev–Trinajstić information content (AvgIpc) is 3.03. The lowest BCUT2D eigenvalue weighted by Crippen LogP contribution is -2.26. The number of hydrogen-bond acceptors (Lipinski definition) is 3. The van der Waals surface area contributed by atoms with E-state index in [4.69, 9.17) is 0 Å². The van der Waals surface area contributed by atoms with Crippen molar-refractivity contribution in [3.63, 3.8) is 0 Å². The van der Waals surface area contributed by atoms with Crippen LogP contribution in [0.5, 0.6) is 0 Å². The van der Waals surface area contributed by atoms with Gasteiger partial charge in [0.05, 0.1) is 9.80 Å². The standard InChI is InChI=1S/C21H23NO2S/c1-16-10-12-18(13-11-16)25(23,24)21-19(17-7-3-2-4-8-17)15-22-14-6-5-9-20(21)22/h2-4,7-8,10-13,19H,5-6,9,14-15H2,1H3. The number of sulfone groups is 1. The summed E-state index contributed by atoms with van der Waals surface area (Å²) in [5, 5.41) is 0. The first-order valence-corrected chi connectivity index (χ1v) is 10.4. The first-order valence-electron chi connectivity index (χ1n) is 8.92. The lowest BCUT2D eigenvalue weighted by Gasteiger charge is -2.27. The van der Waals surface area contributed by atoms with Gasteiger partial charge in [-0.2, -0.15) is 0 Å². The van der Waals surface area contributed by atoms with Crippen molar-refractivity contribution in [3.8, 4) is 0 Å². The highest BCUT2D eigenvalue weighted by atomic mass is 32.2. The zero-order valence-corrected chi connectivity index (χ0v) is 15.3. The van der Waals surface area contributed by atoms with Crippen molar-refractivity contribution in [3.05, 3.63) is 76.3 Å². The zero-order valence-electron chi connectivity index (χ0n) is 14.5. The summed E-state index contributed by atoms with van der Waals surface area (Å²) in [7, 11) is -3.49. The molecule has 4 rings (SSSR count). The molecule has 2 aliphatic heterocycles. The van der Waals surface area contributed by atoms with E-state index in [1.807, 2.05) is 49.4 Å². The molecule has 0 radical (unpaired) electrons. The second kappa shape index (κ2) is 6.34. The lowest BCUT2D eigenvalue weighted by atomic mass is 10.00. The van der Waals surface area contributed by atoms with Gasteiger partial charge in [-0.15, -0.1) is 0 Å². The van der Waals surface area contributed by atoms with Crippen molar-refractivity contribution >= 4 is 9.84 Å². The second-order valence-electron chi connectivity index (χ2n) is 6.99. The number of nitrogens with zero attached hydrogens (tertiary/aromatic N) is 1. The van der Waals surface area contributed by atoms with Crippen LogP contribution in [0, 0.1) is 6.92 Å². The molecule has 0 aromatic heterocycles. The smallest absolute Gasteiger partial charge is 0.205 e. The molecule has 0 amide bonds. The van der Waals surface area contributed by atoms with Gasteiger partial charge in [0.2, 0.25) is 9.84 Å². The molecular formula is C21H23NO2S. The van der Waals surface area contributed by atoms with Gasteiger partial charge in [0, 0.05) is 24.7 Å². The number of hydrogen-bond donors (Lipinski definition) is 0. The normalized spacial score (nSPS) is 20.7. The van der Waals surface area contributed by atoms with Crippen LogP contribution < -0.4 is 0 Å². The van der Waals surface area contributed by atoms with Crippen LogP contribution in [0.15, 0.2) is 70.1 Å². The molecule has 1 unspecified atom stereocenters. The molecule has 0 N–H and O–H groups in total. The quantitative estimate of drug-likeness (QED) is 0.827. The van der Waals surface area contributed by atoms with Crippen molar-refractivity contribution < 1.29 is 8.42 Å². The van der Waals surface area contributed by atoms with Gasteiger partial charge in [-0.3, -0.25) is 0 Å². The SMILES string of the molecule is Cc1ccc(S(=O)(=O)C2=C3CCCCN3CC2c2ccccc2)cc1. The highest BCUT2D eigenvalue weighted by molar-refractivity contribution is 7.95. The van der Waals surface area contributed by atoms with Gasteiger partial charge in [-0.05, 0) is 43.9 Å². The molecule has 0 saturated carbocycles. The average molecular weight is 353 g/mol. The minimum atomic E-state index is -3.49. The van der Waals surface area contributed by atoms with Crippen LogP contribution in [0.1, 0.15) is 36.3 Å². The molecule has 4 heteroatoms. The summed E-state index contributed by atoms with van der Waals surface area (Å²) in [6.07, 6.45) is 3.08. The van der Waals surface area contributed by atoms with Gasteiger partial charge >= 0.3 is 0 Å². The minimum absolute atomic E-state index is 0.0689. The summed E-state index contributed by atoms with van der Waals surface area (Å²) in [6, 6.07) is 17.3. The summed E-state index contributed by atoms with van der Waals surface area (Å²) in [5.41, 5.74) is 3.21. The molecule has 2 aromatic carbocycles. The molecule has 1 atom stereocenters. The van der Waals surface area contributed by atoms with Crippen molar-refractivity contribution in [1.82, 2.24) is 4.90 Å². The number of benzene rings is 2. The van der Waals surface area contributed by atoms with Gasteiger partial charge < -0.3 is 4.90 Å². The van der Waals surface area contributed by atoms with Gasteiger partial charge in [-0.25, -0.2) is 8.42 Å². The number of rotatable bonds is 3. The Morgan fingerprint density at radius 1 is 0.960 bits per heavy atom. The largest absolute Gasteiger partial charge is 0.373 e. The van der Waals surface area contributed by atoms with E-state index in [9.17, 15) is 8.42 Å². The molecule has 0 aliphatic carbocycles. The van der Waals surface area contributed by atoms with Crippen molar-refractivity contribution in [2.45, 2.75) is 37.0 Å². The Morgan fingerprint density at radius 2 is 1.68 bits per heavy atom. The van der Waals surface area contributed by atoms with Crippen molar-refractivity contribution in [2.24, 2.45) is 0 Å². The molecule has 1 fully saturated rings. The van der Waals surface area contributed by atoms with Crippen LogP contribution in [0.2, 0.25) is 0 Å². The van der Waals surface area contributed by atoms with E-state index < -0.39 is 9.84 Å². The summed E-state index contributed by atoms with van der Waals surface area (Å²) in [6.45, 7) is 3.72. The molecule has 1 saturated heterocycles. The molecule has 25 heavy (non-hydrogen) atoms. The van der Waals surface area contributed by atoms with E-state index in [1.165, 1.54) is 0 Å². The van der Waals surface area contributed by atoms with E-state index in [0.29, 0.717) is 9.80 Å².